The van der Waals surface area contributed by atoms with Gasteiger partial charge in [-0.1, -0.05) is 0 Å². The lowest BCUT2D eigenvalue weighted by molar-refractivity contribution is -0.243. The van der Waals surface area contributed by atoms with Crippen molar-refractivity contribution in [3.05, 3.63) is 0 Å². The average Bonchev–Trinajstić information content (AvgIpc) is 2.26. The second kappa shape index (κ2) is 3.44. The maximum atomic E-state index is 13.6. The summed E-state index contributed by atoms with van der Waals surface area (Å²) in [7, 11) is 0. The van der Waals surface area contributed by atoms with E-state index in [1.165, 1.54) is 0 Å². The van der Waals surface area contributed by atoms with E-state index < -0.39 is 36.7 Å². The van der Waals surface area contributed by atoms with Crippen LogP contribution >= 0.6 is 0 Å². The fourth-order valence-corrected chi connectivity index (χ4v) is 2.57. The van der Waals surface area contributed by atoms with Crippen molar-refractivity contribution in [2.75, 3.05) is 19.6 Å². The van der Waals surface area contributed by atoms with E-state index in [2.05, 4.69) is 0 Å². The molecule has 2 amide bonds. The summed E-state index contributed by atoms with van der Waals surface area (Å²) in [6.07, 6.45) is -2.48. The monoisotopic (exact) mass is 250 g/mol. The van der Waals surface area contributed by atoms with Crippen LogP contribution in [0.5, 0.6) is 0 Å². The van der Waals surface area contributed by atoms with Crippen molar-refractivity contribution >= 4 is 12.2 Å². The van der Waals surface area contributed by atoms with Gasteiger partial charge in [0.05, 0.1) is 13.1 Å². The smallest absolute Gasteiger partial charge is 0.408 e. The van der Waals surface area contributed by atoms with E-state index in [-0.39, 0.29) is 19.4 Å². The van der Waals surface area contributed by atoms with E-state index in [1.807, 2.05) is 0 Å². The first-order valence-electron chi connectivity index (χ1n) is 5.16. The lowest BCUT2D eigenvalue weighted by Crippen LogP contribution is -2.80. The molecule has 2 rings (SSSR count). The molecule has 0 aromatic rings. The van der Waals surface area contributed by atoms with E-state index in [9.17, 15) is 18.4 Å². The number of carboxylic acid groups (broad SMARTS) is 2. The van der Waals surface area contributed by atoms with Crippen LogP contribution in [0.2, 0.25) is 0 Å². The summed E-state index contributed by atoms with van der Waals surface area (Å²) >= 11 is 0. The molecule has 2 saturated heterocycles. The number of carbonyl (C=O) groups is 2. The number of halogens is 2. The Bertz CT molecular complexity index is 376. The van der Waals surface area contributed by atoms with Gasteiger partial charge in [0.15, 0.2) is 0 Å². The summed E-state index contributed by atoms with van der Waals surface area (Å²) in [5, 5.41) is 17.6. The first kappa shape index (κ1) is 11.9. The van der Waals surface area contributed by atoms with Crippen LogP contribution in [0.3, 0.4) is 0 Å². The second-order valence-electron chi connectivity index (χ2n) is 4.41. The molecule has 96 valence electrons. The Morgan fingerprint density at radius 3 is 2.24 bits per heavy atom. The van der Waals surface area contributed by atoms with Crippen LogP contribution in [0.15, 0.2) is 0 Å². The number of rotatable bonds is 0. The molecule has 0 saturated carbocycles. The SMILES string of the molecule is O=C(O)N1CCCC2(C1)N(C(=O)O)CC2(F)F. The molecule has 2 N–H and O–H groups in total. The molecule has 2 fully saturated rings. The Morgan fingerprint density at radius 1 is 1.12 bits per heavy atom. The van der Waals surface area contributed by atoms with E-state index in [1.54, 1.807) is 0 Å². The average molecular weight is 250 g/mol. The highest BCUT2D eigenvalue weighted by Crippen LogP contribution is 2.49. The molecule has 2 aliphatic heterocycles. The summed E-state index contributed by atoms with van der Waals surface area (Å²) in [4.78, 5) is 23.1. The summed E-state index contributed by atoms with van der Waals surface area (Å²) in [5.74, 6) is -3.15. The van der Waals surface area contributed by atoms with Gasteiger partial charge in [-0.05, 0) is 12.8 Å². The minimum Gasteiger partial charge on any atom is -0.465 e. The van der Waals surface area contributed by atoms with Crippen molar-refractivity contribution < 1.29 is 28.6 Å². The highest BCUT2D eigenvalue weighted by atomic mass is 19.3. The van der Waals surface area contributed by atoms with Crippen LogP contribution in [0.25, 0.3) is 0 Å². The molecule has 0 aromatic heterocycles. The number of alkyl halides is 2. The molecular weight excluding hydrogens is 238 g/mol. The molecule has 2 aliphatic rings. The van der Waals surface area contributed by atoms with Crippen molar-refractivity contribution in [2.24, 2.45) is 0 Å². The van der Waals surface area contributed by atoms with Gasteiger partial charge in [-0.3, -0.25) is 4.90 Å². The van der Waals surface area contributed by atoms with Crippen molar-refractivity contribution in [3.63, 3.8) is 0 Å². The van der Waals surface area contributed by atoms with Crippen molar-refractivity contribution in [2.45, 2.75) is 24.3 Å². The van der Waals surface area contributed by atoms with Crippen LogP contribution in [0.4, 0.5) is 18.4 Å². The fourth-order valence-electron chi connectivity index (χ4n) is 2.57. The molecule has 1 spiro atoms. The van der Waals surface area contributed by atoms with Gasteiger partial charge >= 0.3 is 12.2 Å². The van der Waals surface area contributed by atoms with Crippen LogP contribution < -0.4 is 0 Å². The summed E-state index contributed by atoms with van der Waals surface area (Å²) in [6, 6.07) is 0. The number of hydrogen-bond acceptors (Lipinski definition) is 2. The van der Waals surface area contributed by atoms with E-state index >= 15 is 0 Å². The Kier molecular flexibility index (Phi) is 2.41. The van der Waals surface area contributed by atoms with Crippen molar-refractivity contribution in [3.8, 4) is 0 Å². The van der Waals surface area contributed by atoms with Crippen molar-refractivity contribution in [1.29, 1.82) is 0 Å². The molecular formula is C9H12F2N2O4. The first-order valence-corrected chi connectivity index (χ1v) is 5.16. The molecule has 8 heteroatoms. The Morgan fingerprint density at radius 2 is 1.76 bits per heavy atom. The van der Waals surface area contributed by atoms with Gasteiger partial charge in [0.2, 0.25) is 0 Å². The van der Waals surface area contributed by atoms with Gasteiger partial charge in [-0.25, -0.2) is 18.4 Å². The zero-order valence-electron chi connectivity index (χ0n) is 8.90. The number of piperidine rings is 1. The van der Waals surface area contributed by atoms with E-state index in [4.69, 9.17) is 10.2 Å². The fraction of sp³-hybridized carbons (Fsp3) is 0.778. The summed E-state index contributed by atoms with van der Waals surface area (Å²) in [6.45, 7) is -1.14. The summed E-state index contributed by atoms with van der Waals surface area (Å²) in [5.41, 5.74) is -1.87. The molecule has 2 heterocycles. The largest absolute Gasteiger partial charge is 0.465 e. The zero-order valence-corrected chi connectivity index (χ0v) is 8.90. The minimum absolute atomic E-state index is 0.00389. The summed E-state index contributed by atoms with van der Waals surface area (Å²) < 4.78 is 27.2. The predicted molar refractivity (Wildman–Crippen MR) is 51.2 cm³/mol. The Labute approximate surface area is 95.4 Å². The topological polar surface area (TPSA) is 81.1 Å². The Hall–Kier alpha value is -1.60. The van der Waals surface area contributed by atoms with Crippen LogP contribution in [0.1, 0.15) is 12.8 Å². The number of hydrogen-bond donors (Lipinski definition) is 2. The first-order chi connectivity index (χ1) is 7.80. The number of nitrogens with zero attached hydrogens (tertiary/aromatic N) is 2. The predicted octanol–water partition coefficient (Wildman–Crippen LogP) is 1.13. The molecule has 17 heavy (non-hydrogen) atoms. The highest BCUT2D eigenvalue weighted by Gasteiger charge is 2.70. The van der Waals surface area contributed by atoms with Crippen LogP contribution in [-0.4, -0.2) is 63.3 Å². The van der Waals surface area contributed by atoms with Gasteiger partial charge in [0.1, 0.15) is 5.54 Å². The van der Waals surface area contributed by atoms with Gasteiger partial charge in [-0.2, -0.15) is 0 Å². The molecule has 6 nitrogen and oxygen atoms in total. The zero-order chi connectivity index (χ0) is 12.8. The lowest BCUT2D eigenvalue weighted by Gasteiger charge is -2.59. The van der Waals surface area contributed by atoms with Crippen molar-refractivity contribution in [1.82, 2.24) is 9.80 Å². The Balaban J connectivity index is 2.26. The highest BCUT2D eigenvalue weighted by molar-refractivity contribution is 5.70. The molecule has 0 bridgehead atoms. The minimum atomic E-state index is -3.15. The third kappa shape index (κ3) is 1.50. The van der Waals surface area contributed by atoms with E-state index in [0.29, 0.717) is 4.90 Å². The number of likely N-dealkylation sites (tertiary alicyclic amines) is 2. The van der Waals surface area contributed by atoms with Gasteiger partial charge in [0.25, 0.3) is 5.92 Å². The third-order valence-electron chi connectivity index (χ3n) is 3.53. The molecule has 1 unspecified atom stereocenters. The quantitative estimate of drug-likeness (QED) is 0.675. The van der Waals surface area contributed by atoms with E-state index in [0.717, 1.165) is 4.90 Å². The maximum absolute atomic E-state index is 13.6. The van der Waals surface area contributed by atoms with Gasteiger partial charge in [-0.15, -0.1) is 0 Å². The third-order valence-corrected chi connectivity index (χ3v) is 3.53. The second-order valence-corrected chi connectivity index (χ2v) is 4.41. The lowest BCUT2D eigenvalue weighted by atomic mass is 9.74. The normalized spacial score (nSPS) is 31.2. The standard InChI is InChI=1S/C9H12F2N2O4/c10-9(11)5-13(7(16)17)8(9)2-1-3-12(4-8)6(14)15/h1-5H2,(H,14,15)(H,16,17). The van der Waals surface area contributed by atoms with Crippen LogP contribution in [0, 0.1) is 0 Å². The molecule has 0 radical (unpaired) electrons. The van der Waals surface area contributed by atoms with Crippen LogP contribution in [-0.2, 0) is 0 Å². The van der Waals surface area contributed by atoms with Gasteiger partial charge in [0, 0.05) is 6.54 Å². The molecule has 1 atom stereocenters. The maximum Gasteiger partial charge on any atom is 0.408 e. The molecule has 0 aromatic carbocycles. The number of amides is 2. The molecule has 0 aliphatic carbocycles. The van der Waals surface area contributed by atoms with Gasteiger partial charge < -0.3 is 15.1 Å².